The summed E-state index contributed by atoms with van der Waals surface area (Å²) in [6.45, 7) is 6.71. The predicted octanol–water partition coefficient (Wildman–Crippen LogP) is 3.24. The molecule has 1 aromatic carbocycles. The summed E-state index contributed by atoms with van der Waals surface area (Å²) in [5.41, 5.74) is 6.57. The van der Waals surface area contributed by atoms with E-state index in [-0.39, 0.29) is 16.6 Å². The molecule has 3 aliphatic rings. The van der Waals surface area contributed by atoms with E-state index in [2.05, 4.69) is 4.90 Å². The van der Waals surface area contributed by atoms with E-state index in [1.165, 1.54) is 0 Å². The largest absolute Gasteiger partial charge is 0.396 e. The van der Waals surface area contributed by atoms with Crippen molar-refractivity contribution in [1.82, 2.24) is 4.90 Å². The Balaban J connectivity index is 1.62. The monoisotopic (exact) mass is 418 g/mol. The highest BCUT2D eigenvalue weighted by Crippen LogP contribution is 2.49. The number of rotatable bonds is 3. The van der Waals surface area contributed by atoms with Crippen LogP contribution < -0.4 is 5.73 Å². The van der Waals surface area contributed by atoms with Gasteiger partial charge in [-0.05, 0) is 43.4 Å². The molecule has 1 aromatic rings. The first-order chi connectivity index (χ1) is 13.7. The second-order valence-electron chi connectivity index (χ2n) is 9.72. The van der Waals surface area contributed by atoms with Crippen molar-refractivity contribution in [2.75, 3.05) is 26.3 Å². The highest BCUT2D eigenvalue weighted by molar-refractivity contribution is 6.30. The maximum Gasteiger partial charge on any atom is 0.183 e. The lowest BCUT2D eigenvalue weighted by atomic mass is 9.65. The van der Waals surface area contributed by atoms with Crippen LogP contribution in [-0.2, 0) is 14.9 Å². The number of ketones is 1. The minimum atomic E-state index is -0.623. The summed E-state index contributed by atoms with van der Waals surface area (Å²) in [6, 6.07) is 7.85. The van der Waals surface area contributed by atoms with E-state index in [1.807, 2.05) is 44.2 Å². The Bertz CT molecular complexity index is 814. The molecule has 0 radical (unpaired) electrons. The SMILES string of the molecule is CC1(C)C[C@@]2(C=C(N)C1=O)CCN(C(O)C1(c3ccc(Cl)cc3)CCOCC1)C2. The number of halogens is 1. The summed E-state index contributed by atoms with van der Waals surface area (Å²) in [7, 11) is 0. The van der Waals surface area contributed by atoms with Gasteiger partial charge in [0.05, 0.1) is 5.70 Å². The lowest BCUT2D eigenvalue weighted by Crippen LogP contribution is -2.53. The van der Waals surface area contributed by atoms with Gasteiger partial charge in [0.1, 0.15) is 6.23 Å². The Hall–Kier alpha value is -1.40. The van der Waals surface area contributed by atoms with Crippen molar-refractivity contribution in [3.05, 3.63) is 46.6 Å². The average Bonchev–Trinajstić information content (AvgIpc) is 3.09. The second-order valence-corrected chi connectivity index (χ2v) is 10.2. The minimum absolute atomic E-state index is 0.0317. The number of aliphatic hydroxyl groups is 1. The smallest absolute Gasteiger partial charge is 0.183 e. The molecule has 2 aliphatic heterocycles. The number of likely N-dealkylation sites (tertiary alicyclic amines) is 1. The molecule has 0 bridgehead atoms. The van der Waals surface area contributed by atoms with E-state index in [9.17, 15) is 9.90 Å². The van der Waals surface area contributed by atoms with E-state index < -0.39 is 11.6 Å². The Morgan fingerprint density at radius 1 is 1.17 bits per heavy atom. The van der Waals surface area contributed by atoms with Crippen LogP contribution >= 0.6 is 11.6 Å². The number of nitrogens with two attached hydrogens (primary N) is 1. The molecule has 5 nitrogen and oxygen atoms in total. The molecule has 29 heavy (non-hydrogen) atoms. The number of hydrogen-bond acceptors (Lipinski definition) is 5. The normalized spacial score (nSPS) is 30.3. The van der Waals surface area contributed by atoms with Crippen LogP contribution in [-0.4, -0.2) is 48.3 Å². The maximum absolute atomic E-state index is 12.4. The predicted molar refractivity (Wildman–Crippen MR) is 113 cm³/mol. The van der Waals surface area contributed by atoms with Gasteiger partial charge in [0.15, 0.2) is 5.78 Å². The van der Waals surface area contributed by atoms with Gasteiger partial charge in [0, 0.05) is 47.6 Å². The van der Waals surface area contributed by atoms with Crippen LogP contribution in [0.15, 0.2) is 36.0 Å². The molecular weight excluding hydrogens is 388 g/mol. The zero-order chi connectivity index (χ0) is 20.9. The summed E-state index contributed by atoms with van der Waals surface area (Å²) in [4.78, 5) is 14.6. The molecule has 0 aromatic heterocycles. The summed E-state index contributed by atoms with van der Waals surface area (Å²) in [5.74, 6) is 0.0317. The molecular formula is C23H31ClN2O3. The highest BCUT2D eigenvalue weighted by Gasteiger charge is 2.51. The number of aliphatic hydroxyl groups excluding tert-OH is 1. The van der Waals surface area contributed by atoms with E-state index >= 15 is 0 Å². The Labute approximate surface area is 177 Å². The number of carbonyl (C=O) groups excluding carboxylic acids is 1. The van der Waals surface area contributed by atoms with Crippen LogP contribution in [0.1, 0.15) is 45.1 Å². The molecule has 158 valence electrons. The van der Waals surface area contributed by atoms with Crippen LogP contribution in [0.25, 0.3) is 0 Å². The minimum Gasteiger partial charge on any atom is -0.396 e. The van der Waals surface area contributed by atoms with Crippen LogP contribution in [0.5, 0.6) is 0 Å². The van der Waals surface area contributed by atoms with E-state index in [4.69, 9.17) is 22.1 Å². The van der Waals surface area contributed by atoms with E-state index in [0.29, 0.717) is 30.5 Å². The number of Topliss-reactive ketones (excluding diaryl/α,β-unsaturated/α-hetero) is 1. The first-order valence-corrected chi connectivity index (χ1v) is 10.8. The first kappa shape index (κ1) is 20.9. The zero-order valence-electron chi connectivity index (χ0n) is 17.3. The number of carbonyl (C=O) groups is 1. The molecule has 2 atom stereocenters. The molecule has 1 aliphatic carbocycles. The van der Waals surface area contributed by atoms with Crippen LogP contribution in [0.4, 0.5) is 0 Å². The third-order valence-corrected chi connectivity index (χ3v) is 7.44. The van der Waals surface area contributed by atoms with Crippen molar-refractivity contribution < 1.29 is 14.6 Å². The van der Waals surface area contributed by atoms with Crippen molar-refractivity contribution >= 4 is 17.4 Å². The molecule has 0 saturated carbocycles. The van der Waals surface area contributed by atoms with Crippen molar-refractivity contribution in [3.8, 4) is 0 Å². The fraction of sp³-hybridized carbons (Fsp3) is 0.609. The summed E-state index contributed by atoms with van der Waals surface area (Å²) < 4.78 is 5.63. The number of hydrogen-bond donors (Lipinski definition) is 2. The Kier molecular flexibility index (Phi) is 5.31. The Morgan fingerprint density at radius 2 is 1.83 bits per heavy atom. The van der Waals surface area contributed by atoms with Crippen LogP contribution in [0.3, 0.4) is 0 Å². The molecule has 6 heteroatoms. The van der Waals surface area contributed by atoms with Gasteiger partial charge in [-0.3, -0.25) is 9.69 Å². The van der Waals surface area contributed by atoms with Gasteiger partial charge in [-0.25, -0.2) is 0 Å². The molecule has 0 amide bonds. The standard InChI is InChI=1S/C23H31ClN2O3/c1-21(2)14-22(13-18(25)19(21)27)7-10-26(15-22)20(28)23(8-11-29-12-9-23)16-3-5-17(24)6-4-16/h3-6,13,20,28H,7-12,14-15,25H2,1-2H3/t20?,22-/m0/s1. The molecule has 1 unspecified atom stereocenters. The van der Waals surface area contributed by atoms with Gasteiger partial charge in [-0.15, -0.1) is 0 Å². The van der Waals surface area contributed by atoms with Gasteiger partial charge >= 0.3 is 0 Å². The van der Waals surface area contributed by atoms with Crippen LogP contribution in [0.2, 0.25) is 5.02 Å². The highest BCUT2D eigenvalue weighted by atomic mass is 35.5. The second kappa shape index (κ2) is 7.38. The quantitative estimate of drug-likeness (QED) is 0.788. The number of allylic oxidation sites excluding steroid dienone is 1. The molecule has 3 N–H and O–H groups in total. The number of benzene rings is 1. The molecule has 4 rings (SSSR count). The molecule has 2 fully saturated rings. The maximum atomic E-state index is 12.4. The third-order valence-electron chi connectivity index (χ3n) is 7.19. The van der Waals surface area contributed by atoms with Gasteiger partial charge in [0.25, 0.3) is 0 Å². The topological polar surface area (TPSA) is 75.8 Å². The van der Waals surface area contributed by atoms with Crippen molar-refractivity contribution in [2.24, 2.45) is 16.6 Å². The molecule has 2 saturated heterocycles. The average molecular weight is 419 g/mol. The van der Waals surface area contributed by atoms with E-state index in [0.717, 1.165) is 37.8 Å². The lowest BCUT2D eigenvalue weighted by Gasteiger charge is -2.46. The van der Waals surface area contributed by atoms with Crippen molar-refractivity contribution in [3.63, 3.8) is 0 Å². The van der Waals surface area contributed by atoms with Gasteiger partial charge in [0.2, 0.25) is 0 Å². The van der Waals surface area contributed by atoms with Crippen LogP contribution in [0, 0.1) is 10.8 Å². The summed E-state index contributed by atoms with van der Waals surface area (Å²) in [5, 5.41) is 12.3. The fourth-order valence-corrected chi connectivity index (χ4v) is 5.89. The first-order valence-electron chi connectivity index (χ1n) is 10.5. The van der Waals surface area contributed by atoms with Gasteiger partial charge < -0.3 is 15.6 Å². The van der Waals surface area contributed by atoms with Gasteiger partial charge in [-0.1, -0.05) is 43.7 Å². The van der Waals surface area contributed by atoms with E-state index in [1.54, 1.807) is 0 Å². The molecule has 2 heterocycles. The van der Waals surface area contributed by atoms with Crippen molar-refractivity contribution in [1.29, 1.82) is 0 Å². The third kappa shape index (κ3) is 3.63. The number of nitrogens with zero attached hydrogens (tertiary/aromatic N) is 1. The van der Waals surface area contributed by atoms with Gasteiger partial charge in [-0.2, -0.15) is 0 Å². The fourth-order valence-electron chi connectivity index (χ4n) is 5.76. The lowest BCUT2D eigenvalue weighted by molar-refractivity contribution is -0.126. The summed E-state index contributed by atoms with van der Waals surface area (Å²) in [6.07, 6.45) is 4.53. The summed E-state index contributed by atoms with van der Waals surface area (Å²) >= 11 is 6.11. The molecule has 1 spiro atoms. The number of ether oxygens (including phenoxy) is 1. The Morgan fingerprint density at radius 3 is 2.45 bits per heavy atom. The van der Waals surface area contributed by atoms with Crippen molar-refractivity contribution in [2.45, 2.75) is 51.2 Å². The zero-order valence-corrected chi connectivity index (χ0v) is 18.0.